The van der Waals surface area contributed by atoms with Crippen molar-refractivity contribution in [2.45, 2.75) is 38.3 Å². The second-order valence-corrected chi connectivity index (χ2v) is 7.83. The molecule has 0 saturated carbocycles. The van der Waals surface area contributed by atoms with Gasteiger partial charge in [0.05, 0.1) is 4.47 Å². The van der Waals surface area contributed by atoms with Gasteiger partial charge in [0.25, 0.3) is 0 Å². The van der Waals surface area contributed by atoms with E-state index in [-0.39, 0.29) is 23.6 Å². The van der Waals surface area contributed by atoms with Crippen molar-refractivity contribution in [3.8, 4) is 17.4 Å². The summed E-state index contributed by atoms with van der Waals surface area (Å²) in [5.41, 5.74) is 0. The number of carboxylic acids is 1. The summed E-state index contributed by atoms with van der Waals surface area (Å²) >= 11 is 3.37. The molecule has 0 amide bonds. The van der Waals surface area contributed by atoms with Crippen LogP contribution in [0.4, 0.5) is 10.4 Å². The minimum absolute atomic E-state index is 0.0692. The Bertz CT molecular complexity index is 1070. The van der Waals surface area contributed by atoms with E-state index in [0.717, 1.165) is 4.80 Å². The van der Waals surface area contributed by atoms with E-state index in [9.17, 15) is 14.3 Å². The fraction of sp³-hybridized carbons (Fsp3) is 0.444. The number of hydrogen-bond acceptors (Lipinski definition) is 9. The molecule has 3 heterocycles. The van der Waals surface area contributed by atoms with Gasteiger partial charge in [0.15, 0.2) is 6.04 Å². The van der Waals surface area contributed by atoms with Gasteiger partial charge in [-0.2, -0.15) is 4.98 Å². The monoisotopic (exact) mass is 495 g/mol. The van der Waals surface area contributed by atoms with Gasteiger partial charge in [-0.3, -0.25) is 0 Å². The van der Waals surface area contributed by atoms with Crippen LogP contribution in [0.3, 0.4) is 0 Å². The van der Waals surface area contributed by atoms with Crippen LogP contribution in [0, 0.1) is 5.82 Å². The molecule has 2 aromatic heterocycles. The van der Waals surface area contributed by atoms with Gasteiger partial charge in [-0.1, -0.05) is 12.1 Å². The average Bonchev–Trinajstić information content (AvgIpc) is 3.42. The minimum Gasteiger partial charge on any atom is -0.489 e. The van der Waals surface area contributed by atoms with E-state index in [2.05, 4.69) is 41.5 Å². The smallest absolute Gasteiger partial charge is 0.330 e. The molecule has 13 heteroatoms. The van der Waals surface area contributed by atoms with Crippen molar-refractivity contribution in [2.75, 3.05) is 18.0 Å². The Morgan fingerprint density at radius 1 is 1.39 bits per heavy atom. The lowest BCUT2D eigenvalue weighted by Crippen LogP contribution is -2.38. The molecule has 1 N–H and O–H groups in total. The zero-order valence-corrected chi connectivity index (χ0v) is 18.1. The van der Waals surface area contributed by atoms with Crippen molar-refractivity contribution < 1.29 is 23.6 Å². The number of carbonyl (C=O) groups is 1. The van der Waals surface area contributed by atoms with Gasteiger partial charge in [-0.15, -0.1) is 15.0 Å². The van der Waals surface area contributed by atoms with E-state index < -0.39 is 12.0 Å². The third-order valence-electron chi connectivity index (χ3n) is 4.89. The maximum absolute atomic E-state index is 13.5. The van der Waals surface area contributed by atoms with Crippen molar-refractivity contribution in [3.05, 3.63) is 28.5 Å². The Hall–Kier alpha value is -3.09. The number of rotatable bonds is 7. The fourth-order valence-corrected chi connectivity index (χ4v) is 3.57. The molecule has 1 aliphatic rings. The number of ether oxygens (including phenoxy) is 1. The summed E-state index contributed by atoms with van der Waals surface area (Å²) in [5.74, 6) is -0.712. The van der Waals surface area contributed by atoms with Crippen LogP contribution < -0.4 is 9.64 Å². The fourth-order valence-electron chi connectivity index (χ4n) is 3.23. The first-order valence-electron chi connectivity index (χ1n) is 9.67. The zero-order chi connectivity index (χ0) is 22.0. The van der Waals surface area contributed by atoms with Crippen molar-refractivity contribution in [1.29, 1.82) is 0 Å². The topological polar surface area (TPSA) is 132 Å². The highest BCUT2D eigenvalue weighted by Crippen LogP contribution is 2.29. The summed E-state index contributed by atoms with van der Waals surface area (Å²) in [6.07, 6.45) is 1.61. The van der Waals surface area contributed by atoms with E-state index in [1.54, 1.807) is 13.0 Å². The van der Waals surface area contributed by atoms with Gasteiger partial charge < -0.3 is 19.3 Å². The van der Waals surface area contributed by atoms with Gasteiger partial charge >= 0.3 is 12.0 Å². The summed E-state index contributed by atoms with van der Waals surface area (Å²) in [6.45, 7) is 2.93. The van der Waals surface area contributed by atoms with E-state index in [0.29, 0.717) is 48.6 Å². The molecule has 0 bridgehead atoms. The van der Waals surface area contributed by atoms with Crippen molar-refractivity contribution in [3.63, 3.8) is 0 Å². The molecule has 0 aliphatic carbocycles. The summed E-state index contributed by atoms with van der Waals surface area (Å²) in [7, 11) is 0. The summed E-state index contributed by atoms with van der Waals surface area (Å²) in [6, 6.07) is 3.73. The lowest BCUT2D eigenvalue weighted by atomic mass is 10.1. The van der Waals surface area contributed by atoms with E-state index >= 15 is 0 Å². The molecule has 0 spiro atoms. The molecule has 0 radical (unpaired) electrons. The van der Waals surface area contributed by atoms with Gasteiger partial charge in [0, 0.05) is 32.0 Å². The van der Waals surface area contributed by atoms with Crippen LogP contribution >= 0.6 is 15.9 Å². The van der Waals surface area contributed by atoms with Gasteiger partial charge in [0.2, 0.25) is 11.6 Å². The number of hydrogen-bond donors (Lipinski definition) is 1. The SMILES string of the molecule is CCC(C(=O)O)n1nnc(-c2noc(N3CCC(Oc4cc(F)ccc4Br)CC3)n2)n1. The van der Waals surface area contributed by atoms with Crippen LogP contribution in [0.1, 0.15) is 32.2 Å². The molecule has 1 unspecified atom stereocenters. The highest BCUT2D eigenvalue weighted by Gasteiger charge is 2.27. The quantitative estimate of drug-likeness (QED) is 0.521. The molecule has 164 valence electrons. The van der Waals surface area contributed by atoms with Crippen molar-refractivity contribution >= 4 is 27.9 Å². The Morgan fingerprint density at radius 2 is 2.16 bits per heavy atom. The average molecular weight is 496 g/mol. The van der Waals surface area contributed by atoms with Gasteiger partial charge in [-0.05, 0) is 39.7 Å². The molecule has 11 nitrogen and oxygen atoms in total. The van der Waals surface area contributed by atoms with Crippen LogP contribution in [0.15, 0.2) is 27.2 Å². The number of benzene rings is 1. The van der Waals surface area contributed by atoms with E-state index in [4.69, 9.17) is 9.26 Å². The second-order valence-electron chi connectivity index (χ2n) is 6.98. The number of nitrogens with zero attached hydrogens (tertiary/aromatic N) is 7. The third-order valence-corrected chi connectivity index (χ3v) is 5.55. The number of aromatic nitrogens is 6. The maximum atomic E-state index is 13.5. The second kappa shape index (κ2) is 8.96. The molecular formula is C18H19BrFN7O4. The number of halogens is 2. The number of piperidine rings is 1. The predicted octanol–water partition coefficient (Wildman–Crippen LogP) is 2.71. The van der Waals surface area contributed by atoms with E-state index in [1.165, 1.54) is 12.1 Å². The lowest BCUT2D eigenvalue weighted by molar-refractivity contribution is -0.141. The highest BCUT2D eigenvalue weighted by atomic mass is 79.9. The van der Waals surface area contributed by atoms with Crippen LogP contribution in [-0.2, 0) is 4.79 Å². The normalized spacial score (nSPS) is 15.8. The largest absolute Gasteiger partial charge is 0.489 e. The Labute approximate surface area is 184 Å². The Morgan fingerprint density at radius 3 is 2.87 bits per heavy atom. The Kier molecular flexibility index (Phi) is 6.11. The zero-order valence-electron chi connectivity index (χ0n) is 16.5. The standard InChI is InChI=1S/C18H19BrFN7O4/c1-2-13(17(28)29)27-23-16(22-25-27)15-21-18(31-24-15)26-7-5-11(6-8-26)30-14-9-10(20)3-4-12(14)19/h3-4,9,11,13H,2,5-8H2,1H3,(H,28,29). The van der Waals surface area contributed by atoms with E-state index in [1.807, 2.05) is 4.90 Å². The molecule has 1 atom stereocenters. The number of carboxylic acid groups (broad SMARTS) is 1. The third kappa shape index (κ3) is 4.65. The molecule has 1 fully saturated rings. The molecule has 31 heavy (non-hydrogen) atoms. The molecule has 3 aromatic rings. The lowest BCUT2D eigenvalue weighted by Gasteiger charge is -2.30. The van der Waals surface area contributed by atoms with Crippen molar-refractivity contribution in [2.24, 2.45) is 0 Å². The van der Waals surface area contributed by atoms with Crippen LogP contribution in [-0.4, -0.2) is 60.6 Å². The molecular weight excluding hydrogens is 477 g/mol. The van der Waals surface area contributed by atoms with Gasteiger partial charge in [0.1, 0.15) is 17.7 Å². The minimum atomic E-state index is -1.05. The number of tetrazole rings is 1. The Balaban J connectivity index is 1.38. The first kappa shape index (κ1) is 21.2. The van der Waals surface area contributed by atoms with Crippen LogP contribution in [0.25, 0.3) is 11.6 Å². The van der Waals surface area contributed by atoms with Crippen LogP contribution in [0.5, 0.6) is 5.75 Å². The number of aliphatic carboxylic acids is 1. The van der Waals surface area contributed by atoms with Gasteiger partial charge in [-0.25, -0.2) is 9.18 Å². The summed E-state index contributed by atoms with van der Waals surface area (Å²) in [4.78, 5) is 18.5. The molecule has 1 saturated heterocycles. The molecule has 4 rings (SSSR count). The summed E-state index contributed by atoms with van der Waals surface area (Å²) in [5, 5.41) is 24.8. The number of anilines is 1. The molecule has 1 aliphatic heterocycles. The first-order valence-corrected chi connectivity index (χ1v) is 10.5. The summed E-state index contributed by atoms with van der Waals surface area (Å²) < 4.78 is 25.4. The highest BCUT2D eigenvalue weighted by molar-refractivity contribution is 9.10. The van der Waals surface area contributed by atoms with Crippen LogP contribution in [0.2, 0.25) is 0 Å². The maximum Gasteiger partial charge on any atom is 0.330 e. The molecule has 1 aromatic carbocycles. The van der Waals surface area contributed by atoms with Crippen molar-refractivity contribution in [1.82, 2.24) is 30.3 Å². The first-order chi connectivity index (χ1) is 14.9. The predicted molar refractivity (Wildman–Crippen MR) is 108 cm³/mol.